The van der Waals surface area contributed by atoms with E-state index in [1.165, 1.54) is 6.08 Å². The second-order valence-electron chi connectivity index (χ2n) is 9.33. The Morgan fingerprint density at radius 1 is 1.00 bits per heavy atom. The van der Waals surface area contributed by atoms with E-state index in [0.717, 1.165) is 5.56 Å². The topological polar surface area (TPSA) is 123 Å². The van der Waals surface area contributed by atoms with Gasteiger partial charge in [-0.3, -0.25) is 14.4 Å². The van der Waals surface area contributed by atoms with Gasteiger partial charge in [0.2, 0.25) is 11.8 Å². The van der Waals surface area contributed by atoms with Gasteiger partial charge in [-0.05, 0) is 24.0 Å². The number of amides is 2. The van der Waals surface area contributed by atoms with Crippen molar-refractivity contribution in [2.24, 2.45) is 11.8 Å². The minimum atomic E-state index is -1.06. The summed E-state index contributed by atoms with van der Waals surface area (Å²) >= 11 is 0. The number of hydrogen-bond donors (Lipinski definition) is 2. The van der Waals surface area contributed by atoms with Gasteiger partial charge < -0.3 is 24.8 Å². The molecule has 5 atom stereocenters. The summed E-state index contributed by atoms with van der Waals surface area (Å²) in [4.78, 5) is 49.4. The standard InChI is InChI=1S/C26H34N2O7/c1-16(2)14-20-26(32)34-19(17(3)24-25(35-24)18-8-5-4-6-9-18)10-7-11-21(29)28-15-22(30)27-13-12-23(31)33-20/h4-9,11,16-17,19-20,24-25H,10,12-15H2,1-3H3,(H,27,30)(H,28,29)/b11-7+/t17?,19-,20-,24?,25?/m0/s1. The van der Waals surface area contributed by atoms with Crippen LogP contribution in [0.4, 0.5) is 0 Å². The first-order chi connectivity index (χ1) is 16.7. The molecule has 190 valence electrons. The van der Waals surface area contributed by atoms with Crippen molar-refractivity contribution in [3.05, 3.63) is 48.0 Å². The first kappa shape index (κ1) is 26.4. The lowest BCUT2D eigenvalue weighted by Gasteiger charge is -2.26. The fourth-order valence-corrected chi connectivity index (χ4v) is 3.98. The highest BCUT2D eigenvalue weighted by Gasteiger charge is 2.47. The van der Waals surface area contributed by atoms with Crippen molar-refractivity contribution in [2.75, 3.05) is 13.1 Å². The average molecular weight is 487 g/mol. The molecule has 2 aliphatic rings. The van der Waals surface area contributed by atoms with Crippen LogP contribution in [0, 0.1) is 11.8 Å². The minimum absolute atomic E-state index is 0.0341. The molecule has 1 saturated heterocycles. The van der Waals surface area contributed by atoms with Crippen molar-refractivity contribution in [3.63, 3.8) is 0 Å². The van der Waals surface area contributed by atoms with E-state index in [-0.39, 0.29) is 50.0 Å². The monoisotopic (exact) mass is 486 g/mol. The summed E-state index contributed by atoms with van der Waals surface area (Å²) in [5.41, 5.74) is 1.05. The largest absolute Gasteiger partial charge is 0.459 e. The van der Waals surface area contributed by atoms with E-state index in [0.29, 0.717) is 6.42 Å². The Balaban J connectivity index is 1.77. The van der Waals surface area contributed by atoms with Crippen molar-refractivity contribution >= 4 is 23.8 Å². The third-order valence-corrected chi connectivity index (χ3v) is 5.96. The smallest absolute Gasteiger partial charge is 0.347 e. The van der Waals surface area contributed by atoms with Crippen LogP contribution < -0.4 is 10.6 Å². The normalized spacial score (nSPS) is 28.3. The minimum Gasteiger partial charge on any atom is -0.459 e. The molecular formula is C26H34N2O7. The molecule has 0 radical (unpaired) electrons. The fraction of sp³-hybridized carbons (Fsp3) is 0.538. The highest BCUT2D eigenvalue weighted by molar-refractivity contribution is 5.91. The Morgan fingerprint density at radius 3 is 2.46 bits per heavy atom. The van der Waals surface area contributed by atoms with E-state index >= 15 is 0 Å². The third kappa shape index (κ3) is 8.20. The van der Waals surface area contributed by atoms with Crippen molar-refractivity contribution in [3.8, 4) is 0 Å². The van der Waals surface area contributed by atoms with Crippen LogP contribution in [0.2, 0.25) is 0 Å². The van der Waals surface area contributed by atoms with Crippen molar-refractivity contribution < 1.29 is 33.4 Å². The summed E-state index contributed by atoms with van der Waals surface area (Å²) in [6, 6.07) is 9.79. The quantitative estimate of drug-likeness (QED) is 0.483. The van der Waals surface area contributed by atoms with Crippen molar-refractivity contribution in [1.82, 2.24) is 10.6 Å². The molecule has 3 unspecified atom stereocenters. The number of ether oxygens (including phenoxy) is 3. The molecule has 1 aromatic rings. The number of carbonyl (C=O) groups excluding carboxylic acids is 4. The third-order valence-electron chi connectivity index (χ3n) is 5.96. The van der Waals surface area contributed by atoms with Gasteiger partial charge in [0.05, 0.1) is 19.1 Å². The van der Waals surface area contributed by atoms with Crippen LogP contribution in [-0.4, -0.2) is 55.2 Å². The van der Waals surface area contributed by atoms with E-state index in [9.17, 15) is 19.2 Å². The Morgan fingerprint density at radius 2 is 1.74 bits per heavy atom. The first-order valence-corrected chi connectivity index (χ1v) is 12.1. The van der Waals surface area contributed by atoms with Crippen LogP contribution in [0.25, 0.3) is 0 Å². The number of epoxide rings is 1. The second-order valence-corrected chi connectivity index (χ2v) is 9.33. The maximum atomic E-state index is 13.1. The van der Waals surface area contributed by atoms with Crippen LogP contribution >= 0.6 is 0 Å². The van der Waals surface area contributed by atoms with Crippen LogP contribution in [0.5, 0.6) is 0 Å². The molecule has 9 heteroatoms. The lowest BCUT2D eigenvalue weighted by Crippen LogP contribution is -2.39. The highest BCUT2D eigenvalue weighted by atomic mass is 16.6. The van der Waals surface area contributed by atoms with Gasteiger partial charge in [0.15, 0.2) is 6.10 Å². The van der Waals surface area contributed by atoms with E-state index in [4.69, 9.17) is 14.2 Å². The van der Waals surface area contributed by atoms with E-state index in [1.807, 2.05) is 51.1 Å². The maximum absolute atomic E-state index is 13.1. The number of nitrogens with one attached hydrogen (secondary N) is 2. The molecule has 35 heavy (non-hydrogen) atoms. The lowest BCUT2D eigenvalue weighted by atomic mass is 9.93. The van der Waals surface area contributed by atoms with Gasteiger partial charge in [-0.2, -0.15) is 0 Å². The van der Waals surface area contributed by atoms with Gasteiger partial charge >= 0.3 is 11.9 Å². The Hall–Kier alpha value is -3.20. The van der Waals surface area contributed by atoms with Gasteiger partial charge in [-0.15, -0.1) is 0 Å². The Labute approximate surface area is 205 Å². The van der Waals surface area contributed by atoms with Crippen LogP contribution in [0.15, 0.2) is 42.5 Å². The van der Waals surface area contributed by atoms with E-state index in [2.05, 4.69) is 10.6 Å². The zero-order valence-electron chi connectivity index (χ0n) is 20.4. The second kappa shape index (κ2) is 12.5. The van der Waals surface area contributed by atoms with E-state index < -0.39 is 36.0 Å². The molecule has 0 spiro atoms. The fourth-order valence-electron chi connectivity index (χ4n) is 3.98. The zero-order valence-corrected chi connectivity index (χ0v) is 20.4. The predicted molar refractivity (Wildman–Crippen MR) is 127 cm³/mol. The van der Waals surface area contributed by atoms with Crippen LogP contribution in [0.1, 0.15) is 51.7 Å². The molecular weight excluding hydrogens is 452 g/mol. The Bertz CT molecular complexity index is 931. The number of cyclic esters (lactones) is 2. The van der Waals surface area contributed by atoms with Gasteiger partial charge in [-0.1, -0.05) is 57.2 Å². The molecule has 2 heterocycles. The van der Waals surface area contributed by atoms with Gasteiger partial charge in [-0.25, -0.2) is 4.79 Å². The first-order valence-electron chi connectivity index (χ1n) is 12.1. The van der Waals surface area contributed by atoms with Gasteiger partial charge in [0, 0.05) is 18.9 Å². The molecule has 0 aliphatic carbocycles. The number of carbonyl (C=O) groups is 4. The molecule has 2 N–H and O–H groups in total. The number of hydrogen-bond acceptors (Lipinski definition) is 7. The van der Waals surface area contributed by atoms with Gasteiger partial charge in [0.25, 0.3) is 0 Å². The molecule has 0 bridgehead atoms. The number of rotatable bonds is 5. The molecule has 2 aliphatic heterocycles. The summed E-state index contributed by atoms with van der Waals surface area (Å²) in [6.45, 7) is 5.60. The molecule has 1 fully saturated rings. The summed E-state index contributed by atoms with van der Waals surface area (Å²) in [7, 11) is 0. The molecule has 2 amide bonds. The molecule has 3 rings (SSSR count). The lowest BCUT2D eigenvalue weighted by molar-refractivity contribution is -0.174. The van der Waals surface area contributed by atoms with Crippen LogP contribution in [0.3, 0.4) is 0 Å². The summed E-state index contributed by atoms with van der Waals surface area (Å²) < 4.78 is 17.2. The maximum Gasteiger partial charge on any atom is 0.347 e. The molecule has 1 aromatic carbocycles. The predicted octanol–water partition coefficient (Wildman–Crippen LogP) is 2.21. The zero-order chi connectivity index (χ0) is 25.4. The molecule has 9 nitrogen and oxygen atoms in total. The number of esters is 2. The number of benzene rings is 1. The van der Waals surface area contributed by atoms with Crippen molar-refractivity contribution in [2.45, 2.75) is 64.4 Å². The summed E-state index contributed by atoms with van der Waals surface area (Å²) in [5, 5.41) is 5.02. The van der Waals surface area contributed by atoms with Crippen molar-refractivity contribution in [1.29, 1.82) is 0 Å². The Kier molecular flexibility index (Phi) is 9.42. The SMILES string of the molecule is CC(C)C[C@@H]1OC(=O)CCNC(=O)CNC(=O)/C=C/C[C@@H](C(C)C2OC2c2ccccc2)OC1=O. The highest BCUT2D eigenvalue weighted by Crippen LogP contribution is 2.45. The molecule has 0 saturated carbocycles. The summed E-state index contributed by atoms with van der Waals surface area (Å²) in [5.74, 6) is -2.20. The summed E-state index contributed by atoms with van der Waals surface area (Å²) in [6.07, 6.45) is 1.48. The molecule has 0 aromatic heterocycles. The average Bonchev–Trinajstić information content (AvgIpc) is 3.62. The van der Waals surface area contributed by atoms with Gasteiger partial charge in [0.1, 0.15) is 12.2 Å². The van der Waals surface area contributed by atoms with E-state index in [1.54, 1.807) is 6.08 Å². The van der Waals surface area contributed by atoms with Crippen LogP contribution in [-0.2, 0) is 33.4 Å².